The van der Waals surface area contributed by atoms with Gasteiger partial charge in [-0.15, -0.1) is 0 Å². The fourth-order valence-electron chi connectivity index (χ4n) is 2.39. The van der Waals surface area contributed by atoms with Crippen molar-refractivity contribution in [1.82, 2.24) is 9.55 Å². The van der Waals surface area contributed by atoms with E-state index in [9.17, 15) is 9.18 Å². The molecule has 20 heavy (non-hydrogen) atoms. The fourth-order valence-corrected chi connectivity index (χ4v) is 2.39. The zero-order valence-electron chi connectivity index (χ0n) is 11.3. The Kier molecular flexibility index (Phi) is 3.26. The van der Waals surface area contributed by atoms with E-state index in [0.717, 1.165) is 31.6 Å². The highest BCUT2D eigenvalue weighted by molar-refractivity contribution is 6.02. The minimum Gasteiger partial charge on any atom is -0.334 e. The number of aromatic nitrogens is 2. The molecule has 1 aromatic heterocycles. The predicted molar refractivity (Wildman–Crippen MR) is 74.3 cm³/mol. The molecule has 5 heteroatoms. The summed E-state index contributed by atoms with van der Waals surface area (Å²) in [6, 6.07) is 4.65. The Labute approximate surface area is 116 Å². The van der Waals surface area contributed by atoms with E-state index in [-0.39, 0.29) is 11.7 Å². The minimum absolute atomic E-state index is 0.296. The standard InChI is InChI=1S/C15H16FN3O/c1-10-5-6-11(8-12(10)16)17-15(20)13-9-19-7-3-2-4-14(19)18-13/h5-6,8-9H,2-4,7H2,1H3,(H,17,20). The molecule has 3 rings (SSSR count). The summed E-state index contributed by atoms with van der Waals surface area (Å²) in [4.78, 5) is 16.5. The molecular formula is C15H16FN3O. The lowest BCUT2D eigenvalue weighted by Crippen LogP contribution is -2.12. The van der Waals surface area contributed by atoms with Crippen molar-refractivity contribution in [2.24, 2.45) is 0 Å². The second-order valence-electron chi connectivity index (χ2n) is 5.11. The second-order valence-corrected chi connectivity index (χ2v) is 5.11. The maximum absolute atomic E-state index is 13.4. The first-order valence-corrected chi connectivity index (χ1v) is 6.77. The molecule has 2 aromatic rings. The number of rotatable bonds is 2. The van der Waals surface area contributed by atoms with Gasteiger partial charge in [-0.25, -0.2) is 9.37 Å². The summed E-state index contributed by atoms with van der Waals surface area (Å²) in [5.41, 5.74) is 1.40. The maximum atomic E-state index is 13.4. The molecule has 1 aliphatic rings. The third-order valence-corrected chi connectivity index (χ3v) is 3.57. The molecule has 0 saturated heterocycles. The third kappa shape index (κ3) is 2.43. The number of nitrogens with zero attached hydrogens (tertiary/aromatic N) is 2. The SMILES string of the molecule is Cc1ccc(NC(=O)c2cn3c(n2)CCCC3)cc1F. The average molecular weight is 273 g/mol. The molecule has 0 radical (unpaired) electrons. The van der Waals surface area contributed by atoms with Crippen molar-refractivity contribution in [3.8, 4) is 0 Å². The lowest BCUT2D eigenvalue weighted by atomic mass is 10.2. The van der Waals surface area contributed by atoms with Crippen molar-refractivity contribution in [3.63, 3.8) is 0 Å². The van der Waals surface area contributed by atoms with Crippen LogP contribution in [0.3, 0.4) is 0 Å². The number of imidazole rings is 1. The van der Waals surface area contributed by atoms with E-state index in [1.165, 1.54) is 6.07 Å². The molecule has 4 nitrogen and oxygen atoms in total. The van der Waals surface area contributed by atoms with E-state index in [0.29, 0.717) is 16.9 Å². The van der Waals surface area contributed by atoms with Crippen molar-refractivity contribution in [2.75, 3.05) is 5.32 Å². The molecule has 0 fully saturated rings. The number of halogens is 1. The number of hydrogen-bond acceptors (Lipinski definition) is 2. The van der Waals surface area contributed by atoms with Crippen molar-refractivity contribution < 1.29 is 9.18 Å². The Morgan fingerprint density at radius 1 is 1.40 bits per heavy atom. The third-order valence-electron chi connectivity index (χ3n) is 3.57. The van der Waals surface area contributed by atoms with Crippen LogP contribution < -0.4 is 5.32 Å². The first-order valence-electron chi connectivity index (χ1n) is 6.77. The Morgan fingerprint density at radius 3 is 3.00 bits per heavy atom. The van der Waals surface area contributed by atoms with Gasteiger partial charge < -0.3 is 9.88 Å². The largest absolute Gasteiger partial charge is 0.334 e. The van der Waals surface area contributed by atoms with Crippen LogP contribution in [0.15, 0.2) is 24.4 Å². The summed E-state index contributed by atoms with van der Waals surface area (Å²) in [7, 11) is 0. The van der Waals surface area contributed by atoms with Crippen LogP contribution in [0, 0.1) is 12.7 Å². The van der Waals surface area contributed by atoms with E-state index in [2.05, 4.69) is 10.3 Å². The number of hydrogen-bond donors (Lipinski definition) is 1. The summed E-state index contributed by atoms with van der Waals surface area (Å²) in [6.07, 6.45) is 4.91. The number of amides is 1. The van der Waals surface area contributed by atoms with Crippen LogP contribution in [-0.2, 0) is 13.0 Å². The zero-order chi connectivity index (χ0) is 14.1. The Hall–Kier alpha value is -2.17. The molecule has 1 amide bonds. The molecule has 1 aromatic carbocycles. The van der Waals surface area contributed by atoms with Crippen molar-refractivity contribution in [3.05, 3.63) is 47.3 Å². The van der Waals surface area contributed by atoms with Gasteiger partial charge in [-0.05, 0) is 37.5 Å². The van der Waals surface area contributed by atoms with Crippen LogP contribution in [0.2, 0.25) is 0 Å². The van der Waals surface area contributed by atoms with E-state index < -0.39 is 0 Å². The lowest BCUT2D eigenvalue weighted by molar-refractivity contribution is 0.102. The van der Waals surface area contributed by atoms with Gasteiger partial charge in [-0.1, -0.05) is 6.07 Å². The number of fused-ring (bicyclic) bond motifs is 1. The first-order chi connectivity index (χ1) is 9.63. The monoisotopic (exact) mass is 273 g/mol. The number of benzene rings is 1. The maximum Gasteiger partial charge on any atom is 0.275 e. The van der Waals surface area contributed by atoms with Crippen LogP contribution in [0.1, 0.15) is 34.7 Å². The van der Waals surface area contributed by atoms with Crippen LogP contribution in [0.5, 0.6) is 0 Å². The fraction of sp³-hybridized carbons (Fsp3) is 0.333. The van der Waals surface area contributed by atoms with Crippen molar-refractivity contribution in [1.29, 1.82) is 0 Å². The molecule has 1 aliphatic heterocycles. The number of carbonyl (C=O) groups is 1. The summed E-state index contributed by atoms with van der Waals surface area (Å²) in [5.74, 6) is 0.332. The second kappa shape index (κ2) is 5.07. The molecule has 0 unspecified atom stereocenters. The molecular weight excluding hydrogens is 257 g/mol. The number of aryl methyl sites for hydroxylation is 3. The molecule has 0 atom stereocenters. The Balaban J connectivity index is 1.78. The highest BCUT2D eigenvalue weighted by atomic mass is 19.1. The number of anilines is 1. The van der Waals surface area contributed by atoms with Gasteiger partial charge in [0.1, 0.15) is 17.3 Å². The van der Waals surface area contributed by atoms with E-state index in [1.54, 1.807) is 25.3 Å². The molecule has 0 spiro atoms. The van der Waals surface area contributed by atoms with Crippen LogP contribution in [0.4, 0.5) is 10.1 Å². The van der Waals surface area contributed by atoms with E-state index >= 15 is 0 Å². The topological polar surface area (TPSA) is 46.9 Å². The van der Waals surface area contributed by atoms with Crippen molar-refractivity contribution in [2.45, 2.75) is 32.7 Å². The number of nitrogens with one attached hydrogen (secondary N) is 1. The predicted octanol–water partition coefficient (Wildman–Crippen LogP) is 2.92. The van der Waals surface area contributed by atoms with Gasteiger partial charge in [0.2, 0.25) is 0 Å². The van der Waals surface area contributed by atoms with Gasteiger partial charge >= 0.3 is 0 Å². The zero-order valence-corrected chi connectivity index (χ0v) is 11.3. The quantitative estimate of drug-likeness (QED) is 0.914. The van der Waals surface area contributed by atoms with Gasteiger partial charge in [0.15, 0.2) is 0 Å². The van der Waals surface area contributed by atoms with E-state index in [1.807, 2.05) is 4.57 Å². The highest BCUT2D eigenvalue weighted by Gasteiger charge is 2.17. The smallest absolute Gasteiger partial charge is 0.275 e. The van der Waals surface area contributed by atoms with Crippen molar-refractivity contribution >= 4 is 11.6 Å². The molecule has 0 saturated carbocycles. The van der Waals surface area contributed by atoms with Gasteiger partial charge in [-0.3, -0.25) is 4.79 Å². The van der Waals surface area contributed by atoms with Gasteiger partial charge in [0.05, 0.1) is 0 Å². The number of carbonyl (C=O) groups excluding carboxylic acids is 1. The van der Waals surface area contributed by atoms with Crippen LogP contribution >= 0.6 is 0 Å². The molecule has 1 N–H and O–H groups in total. The summed E-state index contributed by atoms with van der Waals surface area (Å²) in [6.45, 7) is 2.60. The lowest BCUT2D eigenvalue weighted by Gasteiger charge is -2.11. The minimum atomic E-state index is -0.327. The first kappa shape index (κ1) is 12.8. The highest BCUT2D eigenvalue weighted by Crippen LogP contribution is 2.17. The normalized spacial score (nSPS) is 13.9. The summed E-state index contributed by atoms with van der Waals surface area (Å²) < 4.78 is 15.5. The summed E-state index contributed by atoms with van der Waals surface area (Å²) in [5, 5.41) is 2.68. The van der Waals surface area contributed by atoms with Gasteiger partial charge in [-0.2, -0.15) is 0 Å². The Morgan fingerprint density at radius 2 is 2.25 bits per heavy atom. The molecule has 2 heterocycles. The van der Waals surface area contributed by atoms with Crippen LogP contribution in [0.25, 0.3) is 0 Å². The van der Waals surface area contributed by atoms with E-state index in [4.69, 9.17) is 0 Å². The van der Waals surface area contributed by atoms with Gasteiger partial charge in [0, 0.05) is 24.8 Å². The Bertz CT molecular complexity index is 640. The molecule has 0 aliphatic carbocycles. The van der Waals surface area contributed by atoms with Crippen LogP contribution in [-0.4, -0.2) is 15.5 Å². The summed E-state index contributed by atoms with van der Waals surface area (Å²) >= 11 is 0. The molecule has 104 valence electrons. The average Bonchev–Trinajstić information content (AvgIpc) is 2.87. The molecule has 0 bridgehead atoms. The van der Waals surface area contributed by atoms with Gasteiger partial charge in [0.25, 0.3) is 5.91 Å².